The van der Waals surface area contributed by atoms with Crippen LogP contribution in [0.5, 0.6) is 0 Å². The molecule has 0 saturated carbocycles. The number of esters is 1. The van der Waals surface area contributed by atoms with Crippen molar-refractivity contribution < 1.29 is 19.1 Å². The van der Waals surface area contributed by atoms with Crippen LogP contribution in [-0.2, 0) is 14.3 Å². The van der Waals surface area contributed by atoms with Crippen molar-refractivity contribution in [1.82, 2.24) is 5.32 Å². The van der Waals surface area contributed by atoms with Gasteiger partial charge in [-0.15, -0.1) is 0 Å². The van der Waals surface area contributed by atoms with Gasteiger partial charge in [-0.1, -0.05) is 53.4 Å². The molecule has 0 aromatic carbocycles. The second-order valence-corrected chi connectivity index (χ2v) is 5.58. The summed E-state index contributed by atoms with van der Waals surface area (Å²) in [5.41, 5.74) is 0. The Morgan fingerprint density at radius 2 is 1.57 bits per heavy atom. The molecule has 0 rings (SSSR count). The van der Waals surface area contributed by atoms with Crippen molar-refractivity contribution in [3.63, 3.8) is 0 Å². The number of hydrogen-bond donors (Lipinski definition) is 1. The average Bonchev–Trinajstić information content (AvgIpc) is 2.45. The van der Waals surface area contributed by atoms with E-state index in [-0.39, 0.29) is 11.9 Å². The lowest BCUT2D eigenvalue weighted by Crippen LogP contribution is -2.45. The number of rotatable bonds is 11. The maximum absolute atomic E-state index is 12.0. The zero-order chi connectivity index (χ0) is 16.1. The standard InChI is InChI=1S/C16H31NO4/c1-5-7-8-9-10-12-20-15(18)14(13(3)4)17-16(19)21-11-6-2/h13-14H,5-12H2,1-4H3,(H,17,19). The van der Waals surface area contributed by atoms with Crippen molar-refractivity contribution in [1.29, 1.82) is 0 Å². The zero-order valence-electron chi connectivity index (χ0n) is 13.9. The van der Waals surface area contributed by atoms with Crippen LogP contribution in [0.25, 0.3) is 0 Å². The van der Waals surface area contributed by atoms with E-state index in [9.17, 15) is 9.59 Å². The van der Waals surface area contributed by atoms with Gasteiger partial charge >= 0.3 is 12.1 Å². The SMILES string of the molecule is CCCCCCCOC(=O)C(NC(=O)OCCC)C(C)C. The number of hydrogen-bond acceptors (Lipinski definition) is 4. The molecule has 0 heterocycles. The van der Waals surface area contributed by atoms with Gasteiger partial charge in [0.2, 0.25) is 0 Å². The molecule has 1 N–H and O–H groups in total. The molecule has 0 aliphatic rings. The van der Waals surface area contributed by atoms with Crippen LogP contribution in [-0.4, -0.2) is 31.3 Å². The molecule has 1 amide bonds. The lowest BCUT2D eigenvalue weighted by atomic mass is 10.1. The number of carbonyl (C=O) groups excluding carboxylic acids is 2. The Balaban J connectivity index is 4.03. The predicted molar refractivity (Wildman–Crippen MR) is 83.1 cm³/mol. The van der Waals surface area contributed by atoms with Gasteiger partial charge in [0.25, 0.3) is 0 Å². The Bertz CT molecular complexity index is 292. The quantitative estimate of drug-likeness (QED) is 0.467. The molecule has 124 valence electrons. The minimum Gasteiger partial charge on any atom is -0.464 e. The van der Waals surface area contributed by atoms with Gasteiger partial charge < -0.3 is 14.8 Å². The van der Waals surface area contributed by atoms with E-state index in [1.165, 1.54) is 19.3 Å². The van der Waals surface area contributed by atoms with Gasteiger partial charge in [0.1, 0.15) is 6.04 Å². The summed E-state index contributed by atoms with van der Waals surface area (Å²) in [5, 5.41) is 2.58. The number of unbranched alkanes of at least 4 members (excludes halogenated alkanes) is 4. The van der Waals surface area contributed by atoms with Crippen molar-refractivity contribution in [3.8, 4) is 0 Å². The van der Waals surface area contributed by atoms with Crippen molar-refractivity contribution in [3.05, 3.63) is 0 Å². The maximum atomic E-state index is 12.0. The van der Waals surface area contributed by atoms with Gasteiger partial charge in [0.05, 0.1) is 13.2 Å². The topological polar surface area (TPSA) is 64.6 Å². The monoisotopic (exact) mass is 301 g/mol. The second kappa shape index (κ2) is 12.5. The summed E-state index contributed by atoms with van der Waals surface area (Å²) in [4.78, 5) is 23.5. The first kappa shape index (κ1) is 19.7. The van der Waals surface area contributed by atoms with Crippen molar-refractivity contribution in [2.45, 2.75) is 72.3 Å². The third kappa shape index (κ3) is 10.2. The predicted octanol–water partition coefficient (Wildman–Crippen LogP) is 3.66. The van der Waals surface area contributed by atoms with Gasteiger partial charge in [-0.3, -0.25) is 0 Å². The Morgan fingerprint density at radius 1 is 0.905 bits per heavy atom. The Kier molecular flexibility index (Phi) is 11.7. The number of amides is 1. The van der Waals surface area contributed by atoms with Crippen LogP contribution in [0, 0.1) is 5.92 Å². The first-order chi connectivity index (χ1) is 10.0. The van der Waals surface area contributed by atoms with E-state index in [1.807, 2.05) is 20.8 Å². The van der Waals surface area contributed by atoms with Crippen LogP contribution < -0.4 is 5.32 Å². The highest BCUT2D eigenvalue weighted by molar-refractivity contribution is 5.81. The lowest BCUT2D eigenvalue weighted by molar-refractivity contribution is -0.147. The number of alkyl carbamates (subject to hydrolysis) is 1. The van der Waals surface area contributed by atoms with E-state index >= 15 is 0 Å². The minimum absolute atomic E-state index is 0.0354. The lowest BCUT2D eigenvalue weighted by Gasteiger charge is -2.20. The fraction of sp³-hybridized carbons (Fsp3) is 0.875. The highest BCUT2D eigenvalue weighted by Crippen LogP contribution is 2.07. The Hall–Kier alpha value is -1.26. The molecule has 0 aliphatic heterocycles. The summed E-state index contributed by atoms with van der Waals surface area (Å²) in [6, 6.07) is -0.648. The smallest absolute Gasteiger partial charge is 0.407 e. The molecule has 21 heavy (non-hydrogen) atoms. The molecule has 0 spiro atoms. The molecule has 1 unspecified atom stereocenters. The van der Waals surface area contributed by atoms with E-state index in [0.717, 1.165) is 19.3 Å². The van der Waals surface area contributed by atoms with Crippen LogP contribution in [0.2, 0.25) is 0 Å². The summed E-state index contributed by atoms with van der Waals surface area (Å²) in [5.74, 6) is -0.416. The summed E-state index contributed by atoms with van der Waals surface area (Å²) in [6.45, 7) is 8.58. The van der Waals surface area contributed by atoms with Crippen LogP contribution in [0.15, 0.2) is 0 Å². The molecule has 0 fully saturated rings. The fourth-order valence-electron chi connectivity index (χ4n) is 1.83. The third-order valence-corrected chi connectivity index (χ3v) is 3.12. The molecule has 5 nitrogen and oxygen atoms in total. The molecule has 0 bridgehead atoms. The van der Waals surface area contributed by atoms with Crippen LogP contribution in [0.4, 0.5) is 4.79 Å². The molecular formula is C16H31NO4. The van der Waals surface area contributed by atoms with Crippen molar-refractivity contribution >= 4 is 12.1 Å². The van der Waals surface area contributed by atoms with E-state index in [1.54, 1.807) is 0 Å². The van der Waals surface area contributed by atoms with E-state index < -0.39 is 12.1 Å². The number of nitrogens with one attached hydrogen (secondary N) is 1. The maximum Gasteiger partial charge on any atom is 0.407 e. The average molecular weight is 301 g/mol. The van der Waals surface area contributed by atoms with Crippen molar-refractivity contribution in [2.75, 3.05) is 13.2 Å². The molecule has 0 aliphatic carbocycles. The van der Waals surface area contributed by atoms with Gasteiger partial charge in [-0.05, 0) is 18.8 Å². The molecule has 0 saturated heterocycles. The molecular weight excluding hydrogens is 270 g/mol. The first-order valence-electron chi connectivity index (χ1n) is 8.12. The molecule has 0 radical (unpaired) electrons. The van der Waals surface area contributed by atoms with Crippen molar-refractivity contribution in [2.24, 2.45) is 5.92 Å². The Morgan fingerprint density at radius 3 is 2.14 bits per heavy atom. The molecule has 5 heteroatoms. The second-order valence-electron chi connectivity index (χ2n) is 5.58. The van der Waals surface area contributed by atoms with Gasteiger partial charge in [-0.2, -0.15) is 0 Å². The zero-order valence-corrected chi connectivity index (χ0v) is 13.9. The molecule has 0 aromatic heterocycles. The van der Waals surface area contributed by atoms with Gasteiger partial charge in [-0.25, -0.2) is 9.59 Å². The number of carbonyl (C=O) groups is 2. The van der Waals surface area contributed by atoms with Crippen LogP contribution in [0.3, 0.4) is 0 Å². The van der Waals surface area contributed by atoms with Gasteiger partial charge in [0.15, 0.2) is 0 Å². The van der Waals surface area contributed by atoms with Crippen LogP contribution in [0.1, 0.15) is 66.2 Å². The molecule has 0 aromatic rings. The van der Waals surface area contributed by atoms with Crippen LogP contribution >= 0.6 is 0 Å². The van der Waals surface area contributed by atoms with E-state index in [0.29, 0.717) is 13.2 Å². The summed E-state index contributed by atoms with van der Waals surface area (Å²) >= 11 is 0. The Labute approximate surface area is 128 Å². The third-order valence-electron chi connectivity index (χ3n) is 3.12. The summed E-state index contributed by atoms with van der Waals surface area (Å²) in [7, 11) is 0. The summed E-state index contributed by atoms with van der Waals surface area (Å²) in [6.07, 6.45) is 5.71. The highest BCUT2D eigenvalue weighted by Gasteiger charge is 2.26. The van der Waals surface area contributed by atoms with E-state index in [2.05, 4.69) is 12.2 Å². The first-order valence-corrected chi connectivity index (χ1v) is 8.12. The molecule has 1 atom stereocenters. The fourth-order valence-corrected chi connectivity index (χ4v) is 1.83. The minimum atomic E-state index is -0.648. The number of ether oxygens (including phenoxy) is 2. The highest BCUT2D eigenvalue weighted by atomic mass is 16.6. The normalized spacial score (nSPS) is 12.0. The van der Waals surface area contributed by atoms with Gasteiger partial charge in [0, 0.05) is 0 Å². The summed E-state index contributed by atoms with van der Waals surface area (Å²) < 4.78 is 10.2. The largest absolute Gasteiger partial charge is 0.464 e. The van der Waals surface area contributed by atoms with E-state index in [4.69, 9.17) is 9.47 Å².